The van der Waals surface area contributed by atoms with E-state index >= 15 is 0 Å². The van der Waals surface area contributed by atoms with Crippen LogP contribution in [0.5, 0.6) is 0 Å². The minimum Gasteiger partial charge on any atom is -0.326 e. The summed E-state index contributed by atoms with van der Waals surface area (Å²) in [5.74, 6) is 0.448. The van der Waals surface area contributed by atoms with Crippen LogP contribution in [0.4, 0.5) is 10.8 Å². The highest BCUT2D eigenvalue weighted by molar-refractivity contribution is 8.01. The van der Waals surface area contributed by atoms with Crippen molar-refractivity contribution in [2.75, 3.05) is 15.8 Å². The number of thioether (sulfide) groups is 1. The van der Waals surface area contributed by atoms with Crippen molar-refractivity contribution < 1.29 is 13.2 Å². The molecule has 0 spiro atoms. The van der Waals surface area contributed by atoms with Crippen LogP contribution in [0, 0.1) is 0 Å². The number of nitrogens with one attached hydrogen (secondary N) is 2. The van der Waals surface area contributed by atoms with Crippen LogP contribution in [0.3, 0.4) is 0 Å². The van der Waals surface area contributed by atoms with Crippen molar-refractivity contribution in [1.82, 2.24) is 10.2 Å². The van der Waals surface area contributed by atoms with Gasteiger partial charge in [-0.2, -0.15) is 0 Å². The zero-order chi connectivity index (χ0) is 16.9. The Morgan fingerprint density at radius 3 is 2.65 bits per heavy atom. The van der Waals surface area contributed by atoms with Crippen LogP contribution in [-0.2, 0) is 14.8 Å². The molecule has 0 saturated heterocycles. The number of carbonyl (C=O) groups is 1. The molecule has 1 aromatic carbocycles. The molecule has 122 valence electrons. The molecule has 2 rings (SSSR count). The van der Waals surface area contributed by atoms with E-state index < -0.39 is 10.0 Å². The number of nitrogens with zero attached hydrogens (tertiary/aromatic N) is 2. The first-order valence-corrected chi connectivity index (χ1v) is 9.67. The average molecular weight is 370 g/mol. The van der Waals surface area contributed by atoms with Crippen molar-refractivity contribution in [3.8, 4) is 0 Å². The molecule has 0 unspecified atom stereocenters. The molecular formula is C13H14N4O3S3. The number of anilines is 2. The maximum absolute atomic E-state index is 12.3. The maximum Gasteiger partial charge on any atom is 0.263 e. The van der Waals surface area contributed by atoms with E-state index in [-0.39, 0.29) is 15.9 Å². The van der Waals surface area contributed by atoms with E-state index in [0.717, 1.165) is 11.3 Å². The summed E-state index contributed by atoms with van der Waals surface area (Å²) in [6.07, 6.45) is 1.73. The van der Waals surface area contributed by atoms with Gasteiger partial charge in [0.05, 0.1) is 4.90 Å². The van der Waals surface area contributed by atoms with Crippen molar-refractivity contribution >= 4 is 49.8 Å². The number of hydrogen-bond acceptors (Lipinski definition) is 7. The molecule has 2 N–H and O–H groups in total. The molecule has 23 heavy (non-hydrogen) atoms. The SMILES string of the molecule is C=CCSc1nnc(NS(=O)(=O)c2ccc(NC(C)=O)cc2)s1. The zero-order valence-electron chi connectivity index (χ0n) is 12.1. The van der Waals surface area contributed by atoms with Gasteiger partial charge < -0.3 is 5.32 Å². The number of aromatic nitrogens is 2. The highest BCUT2D eigenvalue weighted by atomic mass is 32.2. The minimum absolute atomic E-state index is 0.0714. The maximum atomic E-state index is 12.3. The quantitative estimate of drug-likeness (QED) is 0.574. The number of hydrogen-bond donors (Lipinski definition) is 2. The second-order valence-electron chi connectivity index (χ2n) is 4.28. The van der Waals surface area contributed by atoms with Crippen LogP contribution in [-0.4, -0.2) is 30.3 Å². The summed E-state index contributed by atoms with van der Waals surface area (Å²) in [5.41, 5.74) is 0.524. The normalized spacial score (nSPS) is 11.0. The molecule has 10 heteroatoms. The van der Waals surface area contributed by atoms with Gasteiger partial charge in [0.15, 0.2) is 4.34 Å². The lowest BCUT2D eigenvalue weighted by Gasteiger charge is -2.06. The highest BCUT2D eigenvalue weighted by Crippen LogP contribution is 2.27. The number of carbonyl (C=O) groups excluding carboxylic acids is 1. The third-order valence-electron chi connectivity index (χ3n) is 2.44. The van der Waals surface area contributed by atoms with E-state index in [9.17, 15) is 13.2 Å². The third kappa shape index (κ3) is 5.05. The summed E-state index contributed by atoms with van der Waals surface area (Å²) < 4.78 is 27.6. The Kier molecular flexibility index (Phi) is 5.74. The van der Waals surface area contributed by atoms with Crippen LogP contribution < -0.4 is 10.0 Å². The van der Waals surface area contributed by atoms with Gasteiger partial charge in [0.25, 0.3) is 10.0 Å². The van der Waals surface area contributed by atoms with Gasteiger partial charge in [0.2, 0.25) is 11.0 Å². The Morgan fingerprint density at radius 2 is 2.04 bits per heavy atom. The number of benzene rings is 1. The summed E-state index contributed by atoms with van der Waals surface area (Å²) >= 11 is 2.57. The Morgan fingerprint density at radius 1 is 1.35 bits per heavy atom. The van der Waals surface area contributed by atoms with Crippen molar-refractivity contribution in [1.29, 1.82) is 0 Å². The third-order valence-corrected chi connectivity index (χ3v) is 5.89. The predicted molar refractivity (Wildman–Crippen MR) is 92.4 cm³/mol. The van der Waals surface area contributed by atoms with Crippen molar-refractivity contribution in [3.63, 3.8) is 0 Å². The minimum atomic E-state index is -3.75. The molecular weight excluding hydrogens is 356 g/mol. The number of amides is 1. The van der Waals surface area contributed by atoms with Crippen molar-refractivity contribution in [3.05, 3.63) is 36.9 Å². The second-order valence-corrected chi connectivity index (χ2v) is 8.21. The molecule has 1 aromatic heterocycles. The summed E-state index contributed by atoms with van der Waals surface area (Å²) in [6, 6.07) is 5.84. The topological polar surface area (TPSA) is 101 Å². The molecule has 0 aliphatic carbocycles. The van der Waals surface area contributed by atoms with Gasteiger partial charge in [-0.25, -0.2) is 8.42 Å². The Labute approximate surface area is 142 Å². The molecule has 0 atom stereocenters. The summed E-state index contributed by atoms with van der Waals surface area (Å²) in [4.78, 5) is 11.0. The lowest BCUT2D eigenvalue weighted by atomic mass is 10.3. The lowest BCUT2D eigenvalue weighted by molar-refractivity contribution is -0.114. The first-order valence-electron chi connectivity index (χ1n) is 6.38. The monoisotopic (exact) mass is 370 g/mol. The standard InChI is InChI=1S/C13H14N4O3S3/c1-3-8-21-13-16-15-12(22-13)17-23(19,20)11-6-4-10(5-7-11)14-9(2)18/h3-7H,1,8H2,2H3,(H,14,18)(H,15,17). The van der Waals surface area contributed by atoms with Gasteiger partial charge in [-0.3, -0.25) is 9.52 Å². The van der Waals surface area contributed by atoms with E-state index in [1.807, 2.05) is 0 Å². The zero-order valence-corrected chi connectivity index (χ0v) is 14.6. The second kappa shape index (κ2) is 7.57. The van der Waals surface area contributed by atoms with Gasteiger partial charge in [0, 0.05) is 18.4 Å². The molecule has 0 aliphatic rings. The van der Waals surface area contributed by atoms with Gasteiger partial charge in [-0.1, -0.05) is 29.2 Å². The van der Waals surface area contributed by atoms with Gasteiger partial charge in [-0.15, -0.1) is 16.8 Å². The van der Waals surface area contributed by atoms with Crippen LogP contribution >= 0.6 is 23.1 Å². The van der Waals surface area contributed by atoms with E-state index in [4.69, 9.17) is 0 Å². The molecule has 0 bridgehead atoms. The fraction of sp³-hybridized carbons (Fsp3) is 0.154. The highest BCUT2D eigenvalue weighted by Gasteiger charge is 2.17. The fourth-order valence-electron chi connectivity index (χ4n) is 1.53. The Balaban J connectivity index is 2.10. The molecule has 0 radical (unpaired) electrons. The lowest BCUT2D eigenvalue weighted by Crippen LogP contribution is -2.13. The summed E-state index contributed by atoms with van der Waals surface area (Å²) in [6.45, 7) is 4.98. The van der Waals surface area contributed by atoms with Crippen molar-refractivity contribution in [2.45, 2.75) is 16.2 Å². The fourth-order valence-corrected chi connectivity index (χ4v) is 4.28. The van der Waals surface area contributed by atoms with Gasteiger partial charge in [0.1, 0.15) is 0 Å². The van der Waals surface area contributed by atoms with E-state index in [1.54, 1.807) is 6.08 Å². The smallest absolute Gasteiger partial charge is 0.263 e. The van der Waals surface area contributed by atoms with Gasteiger partial charge >= 0.3 is 0 Å². The number of rotatable bonds is 7. The molecule has 0 saturated carbocycles. The van der Waals surface area contributed by atoms with Crippen LogP contribution in [0.15, 0.2) is 46.2 Å². The van der Waals surface area contributed by atoms with Gasteiger partial charge in [-0.05, 0) is 24.3 Å². The molecule has 1 amide bonds. The first-order chi connectivity index (χ1) is 10.9. The predicted octanol–water partition coefficient (Wildman–Crippen LogP) is 2.58. The van der Waals surface area contributed by atoms with Crippen LogP contribution in [0.1, 0.15) is 6.92 Å². The van der Waals surface area contributed by atoms with E-state index in [0.29, 0.717) is 15.8 Å². The molecule has 7 nitrogen and oxygen atoms in total. The Hall–Kier alpha value is -1.91. The molecule has 1 heterocycles. The largest absolute Gasteiger partial charge is 0.326 e. The van der Waals surface area contributed by atoms with Crippen molar-refractivity contribution in [2.24, 2.45) is 0 Å². The molecule has 0 aliphatic heterocycles. The van der Waals surface area contributed by atoms with Crippen LogP contribution in [0.25, 0.3) is 0 Å². The average Bonchev–Trinajstić information content (AvgIpc) is 2.92. The first kappa shape index (κ1) is 17.4. The Bertz CT molecular complexity index is 800. The summed E-state index contributed by atoms with van der Waals surface area (Å²) in [5, 5.41) is 10.5. The van der Waals surface area contributed by atoms with E-state index in [2.05, 4.69) is 26.8 Å². The molecule has 0 fully saturated rings. The summed E-state index contributed by atoms with van der Waals surface area (Å²) in [7, 11) is -3.75. The number of sulfonamides is 1. The van der Waals surface area contributed by atoms with E-state index in [1.165, 1.54) is 43.0 Å². The van der Waals surface area contributed by atoms with Crippen LogP contribution in [0.2, 0.25) is 0 Å². The molecule has 2 aromatic rings.